The molecule has 0 N–H and O–H groups in total. The predicted molar refractivity (Wildman–Crippen MR) is 93.4 cm³/mol. The van der Waals surface area contributed by atoms with Gasteiger partial charge >= 0.3 is 5.97 Å². The molecule has 0 aromatic heterocycles. The van der Waals surface area contributed by atoms with Crippen molar-refractivity contribution in [3.05, 3.63) is 64.4 Å². The average molecular weight is 405 g/mol. The third-order valence-corrected chi connectivity index (χ3v) is 4.00. The van der Waals surface area contributed by atoms with E-state index >= 15 is 0 Å². The zero-order valence-electron chi connectivity index (χ0n) is 13.1. The number of ether oxygens (including phenoxy) is 1. The van der Waals surface area contributed by atoms with Crippen LogP contribution in [-0.4, -0.2) is 25.0 Å². The van der Waals surface area contributed by atoms with E-state index in [1.54, 1.807) is 24.3 Å². The van der Waals surface area contributed by atoms with E-state index in [-0.39, 0.29) is 13.0 Å². The number of rotatable bonds is 6. The minimum atomic E-state index is -0.639. The van der Waals surface area contributed by atoms with Crippen molar-refractivity contribution < 1.29 is 18.7 Å². The molecule has 2 aromatic rings. The molecule has 25 heavy (non-hydrogen) atoms. The molecule has 0 bridgehead atoms. The highest BCUT2D eigenvalue weighted by Crippen LogP contribution is 2.18. The molecule has 0 radical (unpaired) electrons. The van der Waals surface area contributed by atoms with Gasteiger partial charge in [-0.15, -0.1) is 0 Å². The molecular weight excluding hydrogens is 391 g/mol. The number of carbonyl (C=O) groups excluding carboxylic acids is 2. The molecule has 2 aromatic carbocycles. The standard InChI is InChI=1S/C18H14BrFN2O3/c19-16-5-2-1-4-15(16)18(24)25-12-17(23)22(11-3-10-21)14-8-6-13(20)7-9-14/h1-2,4-9H,3,11-12H2. The molecule has 0 fully saturated rings. The molecular formula is C18H14BrFN2O3. The molecule has 128 valence electrons. The van der Waals surface area contributed by atoms with Gasteiger partial charge in [0.05, 0.1) is 18.1 Å². The molecule has 1 amide bonds. The van der Waals surface area contributed by atoms with Gasteiger partial charge in [-0.1, -0.05) is 12.1 Å². The molecule has 0 heterocycles. The van der Waals surface area contributed by atoms with Crippen molar-refractivity contribution in [2.24, 2.45) is 0 Å². The molecule has 0 atom stereocenters. The Bertz CT molecular complexity index is 803. The van der Waals surface area contributed by atoms with Crippen molar-refractivity contribution in [1.82, 2.24) is 0 Å². The molecule has 2 rings (SSSR count). The summed E-state index contributed by atoms with van der Waals surface area (Å²) in [6.45, 7) is -0.365. The summed E-state index contributed by atoms with van der Waals surface area (Å²) >= 11 is 3.24. The molecule has 0 spiro atoms. The number of halogens is 2. The van der Waals surface area contributed by atoms with Crippen molar-refractivity contribution in [1.29, 1.82) is 5.26 Å². The van der Waals surface area contributed by atoms with Crippen LogP contribution in [0.2, 0.25) is 0 Å². The largest absolute Gasteiger partial charge is 0.452 e. The van der Waals surface area contributed by atoms with E-state index in [1.807, 2.05) is 6.07 Å². The fraction of sp³-hybridized carbons (Fsp3) is 0.167. The maximum Gasteiger partial charge on any atom is 0.339 e. The highest BCUT2D eigenvalue weighted by molar-refractivity contribution is 9.10. The van der Waals surface area contributed by atoms with Crippen LogP contribution in [0.25, 0.3) is 0 Å². The Kier molecular flexibility index (Phi) is 6.66. The fourth-order valence-electron chi connectivity index (χ4n) is 2.09. The van der Waals surface area contributed by atoms with E-state index in [4.69, 9.17) is 10.00 Å². The van der Waals surface area contributed by atoms with Gasteiger partial charge in [0.1, 0.15) is 5.82 Å². The third-order valence-electron chi connectivity index (χ3n) is 3.31. The van der Waals surface area contributed by atoms with Crippen LogP contribution in [0.5, 0.6) is 0 Å². The predicted octanol–water partition coefficient (Wildman–Crippen LogP) is 3.69. The van der Waals surface area contributed by atoms with Gasteiger partial charge in [-0.3, -0.25) is 4.79 Å². The molecule has 7 heteroatoms. The quantitative estimate of drug-likeness (QED) is 0.688. The van der Waals surface area contributed by atoms with E-state index in [2.05, 4.69) is 15.9 Å². The van der Waals surface area contributed by atoms with Gasteiger partial charge in [-0.2, -0.15) is 5.26 Å². The molecule has 0 unspecified atom stereocenters. The first kappa shape index (κ1) is 18.6. The number of hydrogen-bond acceptors (Lipinski definition) is 4. The average Bonchev–Trinajstić information content (AvgIpc) is 2.61. The van der Waals surface area contributed by atoms with Crippen LogP contribution in [0.3, 0.4) is 0 Å². The normalized spacial score (nSPS) is 9.96. The van der Waals surface area contributed by atoms with Crippen LogP contribution in [0, 0.1) is 17.1 Å². The van der Waals surface area contributed by atoms with Crippen LogP contribution in [0.1, 0.15) is 16.8 Å². The minimum Gasteiger partial charge on any atom is -0.452 e. The lowest BCUT2D eigenvalue weighted by molar-refractivity contribution is -0.121. The van der Waals surface area contributed by atoms with E-state index in [0.29, 0.717) is 15.7 Å². The molecule has 0 aliphatic rings. The monoisotopic (exact) mass is 404 g/mol. The first-order chi connectivity index (χ1) is 12.0. The zero-order valence-corrected chi connectivity index (χ0v) is 14.7. The number of hydrogen-bond donors (Lipinski definition) is 0. The topological polar surface area (TPSA) is 70.4 Å². The number of nitrogens with zero attached hydrogens (tertiary/aromatic N) is 2. The summed E-state index contributed by atoms with van der Waals surface area (Å²) in [5.74, 6) is -1.57. The number of benzene rings is 2. The van der Waals surface area contributed by atoms with Crippen LogP contribution in [-0.2, 0) is 9.53 Å². The minimum absolute atomic E-state index is 0.0985. The lowest BCUT2D eigenvalue weighted by Crippen LogP contribution is -2.35. The summed E-state index contributed by atoms with van der Waals surface area (Å²) in [7, 11) is 0. The second-order valence-electron chi connectivity index (χ2n) is 4.99. The van der Waals surface area contributed by atoms with E-state index < -0.39 is 24.3 Å². The zero-order chi connectivity index (χ0) is 18.2. The number of carbonyl (C=O) groups is 2. The number of nitriles is 1. The van der Waals surface area contributed by atoms with Gasteiger partial charge in [0, 0.05) is 16.7 Å². The molecule has 0 aliphatic carbocycles. The highest BCUT2D eigenvalue weighted by Gasteiger charge is 2.19. The Morgan fingerprint density at radius 2 is 1.84 bits per heavy atom. The Morgan fingerprint density at radius 1 is 1.16 bits per heavy atom. The number of anilines is 1. The Hall–Kier alpha value is -2.72. The van der Waals surface area contributed by atoms with Crippen LogP contribution < -0.4 is 4.90 Å². The first-order valence-electron chi connectivity index (χ1n) is 7.37. The highest BCUT2D eigenvalue weighted by atomic mass is 79.9. The number of amides is 1. The lowest BCUT2D eigenvalue weighted by atomic mass is 10.2. The molecule has 0 saturated carbocycles. The smallest absolute Gasteiger partial charge is 0.339 e. The van der Waals surface area contributed by atoms with Crippen LogP contribution >= 0.6 is 15.9 Å². The fourth-order valence-corrected chi connectivity index (χ4v) is 2.54. The van der Waals surface area contributed by atoms with Crippen LogP contribution in [0.15, 0.2) is 53.0 Å². The summed E-state index contributed by atoms with van der Waals surface area (Å²) in [5.41, 5.74) is 0.735. The van der Waals surface area contributed by atoms with Gasteiger partial charge in [0.2, 0.25) is 0 Å². The van der Waals surface area contributed by atoms with E-state index in [0.717, 1.165) is 0 Å². The maximum absolute atomic E-state index is 13.1. The van der Waals surface area contributed by atoms with Crippen molar-refractivity contribution in [2.45, 2.75) is 6.42 Å². The summed E-state index contributed by atoms with van der Waals surface area (Å²) < 4.78 is 18.7. The SMILES string of the molecule is N#CCCN(C(=O)COC(=O)c1ccccc1Br)c1ccc(F)cc1. The van der Waals surface area contributed by atoms with Gasteiger partial charge in [0.25, 0.3) is 5.91 Å². The van der Waals surface area contributed by atoms with Gasteiger partial charge in [-0.05, 0) is 52.3 Å². The Morgan fingerprint density at radius 3 is 2.48 bits per heavy atom. The van der Waals surface area contributed by atoms with Gasteiger partial charge < -0.3 is 9.64 Å². The summed E-state index contributed by atoms with van der Waals surface area (Å²) in [6.07, 6.45) is 0.0985. The van der Waals surface area contributed by atoms with Crippen molar-refractivity contribution in [3.8, 4) is 6.07 Å². The summed E-state index contributed by atoms with van der Waals surface area (Å²) in [5, 5.41) is 8.75. The van der Waals surface area contributed by atoms with Gasteiger partial charge in [0.15, 0.2) is 6.61 Å². The third kappa shape index (κ3) is 5.13. The Labute approximate surface area is 152 Å². The molecule has 0 saturated heterocycles. The van der Waals surface area contributed by atoms with E-state index in [9.17, 15) is 14.0 Å². The first-order valence-corrected chi connectivity index (χ1v) is 8.16. The second kappa shape index (κ2) is 8.94. The van der Waals surface area contributed by atoms with Crippen molar-refractivity contribution in [3.63, 3.8) is 0 Å². The van der Waals surface area contributed by atoms with Crippen molar-refractivity contribution in [2.75, 3.05) is 18.1 Å². The lowest BCUT2D eigenvalue weighted by Gasteiger charge is -2.21. The van der Waals surface area contributed by atoms with E-state index in [1.165, 1.54) is 29.2 Å². The summed E-state index contributed by atoms with van der Waals surface area (Å²) in [4.78, 5) is 25.7. The molecule has 0 aliphatic heterocycles. The van der Waals surface area contributed by atoms with Crippen molar-refractivity contribution >= 4 is 33.5 Å². The maximum atomic E-state index is 13.1. The van der Waals surface area contributed by atoms with Crippen LogP contribution in [0.4, 0.5) is 10.1 Å². The summed E-state index contributed by atoms with van der Waals surface area (Å²) in [6, 6.07) is 13.9. The van der Waals surface area contributed by atoms with Gasteiger partial charge in [-0.25, -0.2) is 9.18 Å². The molecule has 5 nitrogen and oxygen atoms in total. The second-order valence-corrected chi connectivity index (χ2v) is 5.84. The number of esters is 1. The Balaban J connectivity index is 2.07.